The average Bonchev–Trinajstić information content (AvgIpc) is 2.21. The fourth-order valence-electron chi connectivity index (χ4n) is 1.21. The zero-order chi connectivity index (χ0) is 11.1. The van der Waals surface area contributed by atoms with Crippen LogP contribution in [0.2, 0.25) is 0 Å². The predicted molar refractivity (Wildman–Crippen MR) is 59.8 cm³/mol. The molecule has 78 valence electrons. The van der Waals surface area contributed by atoms with Crippen molar-refractivity contribution in [3.8, 4) is 0 Å². The highest BCUT2D eigenvalue weighted by Crippen LogP contribution is 2.18. The second kappa shape index (κ2) is 6.35. The normalized spacial score (nSPS) is 14.9. The Morgan fingerprint density at radius 3 is 1.00 bits per heavy atom. The van der Waals surface area contributed by atoms with Gasteiger partial charge in [0.25, 0.3) is 0 Å². The molecule has 0 aliphatic rings. The molecule has 0 aliphatic heterocycles. The second-order valence-corrected chi connectivity index (χ2v) is 3.08. The molecule has 0 aliphatic carbocycles. The van der Waals surface area contributed by atoms with E-state index >= 15 is 0 Å². The van der Waals surface area contributed by atoms with Gasteiger partial charge in [-0.05, 0) is 0 Å². The molecule has 0 saturated carbocycles. The standard InChI is InChI=1S/C12H18O2/c1-5-9(6-2)11(13)12(14)10(7-3)8-4/h5-14H,1-4H2. The Labute approximate surface area is 85.6 Å². The molecule has 2 unspecified atom stereocenters. The molecule has 0 amide bonds. The van der Waals surface area contributed by atoms with Crippen molar-refractivity contribution in [2.45, 2.75) is 12.2 Å². The third kappa shape index (κ3) is 2.98. The van der Waals surface area contributed by atoms with E-state index in [0.29, 0.717) is 0 Å². The Balaban J connectivity index is 4.56. The minimum absolute atomic E-state index is 0.326. The first-order chi connectivity index (χ1) is 6.62. The lowest BCUT2D eigenvalue weighted by molar-refractivity contribution is -0.00870. The Hall–Kier alpha value is -1.12. The summed E-state index contributed by atoms with van der Waals surface area (Å²) < 4.78 is 0. The van der Waals surface area contributed by atoms with Gasteiger partial charge in [0.05, 0.1) is 12.2 Å². The van der Waals surface area contributed by atoms with Crippen LogP contribution < -0.4 is 0 Å². The van der Waals surface area contributed by atoms with Crippen molar-refractivity contribution in [1.82, 2.24) is 0 Å². The minimum Gasteiger partial charge on any atom is -0.389 e. The number of hydrogen-bond acceptors (Lipinski definition) is 2. The van der Waals surface area contributed by atoms with Crippen LogP contribution in [0.25, 0.3) is 0 Å². The monoisotopic (exact) mass is 194 g/mol. The van der Waals surface area contributed by atoms with Gasteiger partial charge in [-0.3, -0.25) is 0 Å². The van der Waals surface area contributed by atoms with Crippen LogP contribution in [-0.4, -0.2) is 22.4 Å². The lowest BCUT2D eigenvalue weighted by Gasteiger charge is -2.25. The van der Waals surface area contributed by atoms with Crippen molar-refractivity contribution in [3.05, 3.63) is 50.6 Å². The molecule has 0 radical (unpaired) electrons. The van der Waals surface area contributed by atoms with Gasteiger partial charge in [0.2, 0.25) is 0 Å². The minimum atomic E-state index is -0.925. The Bertz CT molecular complexity index is 180. The third-order valence-corrected chi connectivity index (χ3v) is 2.23. The largest absolute Gasteiger partial charge is 0.389 e. The molecule has 0 aromatic carbocycles. The zero-order valence-electron chi connectivity index (χ0n) is 8.34. The van der Waals surface area contributed by atoms with E-state index in [0.717, 1.165) is 0 Å². The maximum Gasteiger partial charge on any atom is 0.0904 e. The second-order valence-electron chi connectivity index (χ2n) is 3.08. The van der Waals surface area contributed by atoms with Gasteiger partial charge in [0.15, 0.2) is 0 Å². The number of aliphatic hydroxyl groups is 2. The molecule has 0 bridgehead atoms. The molecule has 2 nitrogen and oxygen atoms in total. The predicted octanol–water partition coefficient (Wildman–Crippen LogP) is 1.68. The molecule has 14 heavy (non-hydrogen) atoms. The van der Waals surface area contributed by atoms with E-state index in [1.54, 1.807) is 24.3 Å². The molecular weight excluding hydrogens is 176 g/mol. The van der Waals surface area contributed by atoms with E-state index in [9.17, 15) is 10.2 Å². The van der Waals surface area contributed by atoms with Crippen LogP contribution >= 0.6 is 0 Å². The van der Waals surface area contributed by atoms with Crippen molar-refractivity contribution in [1.29, 1.82) is 0 Å². The summed E-state index contributed by atoms with van der Waals surface area (Å²) in [6, 6.07) is 0. The summed E-state index contributed by atoms with van der Waals surface area (Å²) in [5.41, 5.74) is 0. The summed E-state index contributed by atoms with van der Waals surface area (Å²) in [5, 5.41) is 19.4. The van der Waals surface area contributed by atoms with E-state index in [1.807, 2.05) is 0 Å². The summed E-state index contributed by atoms with van der Waals surface area (Å²) in [6.45, 7) is 14.2. The fourth-order valence-corrected chi connectivity index (χ4v) is 1.21. The maximum atomic E-state index is 9.72. The molecule has 2 N–H and O–H groups in total. The van der Waals surface area contributed by atoms with Crippen molar-refractivity contribution in [2.24, 2.45) is 11.8 Å². The topological polar surface area (TPSA) is 40.5 Å². The molecular formula is C12H18O2. The average molecular weight is 194 g/mol. The van der Waals surface area contributed by atoms with E-state index < -0.39 is 12.2 Å². The Kier molecular flexibility index (Phi) is 5.84. The highest BCUT2D eigenvalue weighted by atomic mass is 16.3. The molecule has 0 aromatic rings. The summed E-state index contributed by atoms with van der Waals surface area (Å²) in [5.74, 6) is -0.653. The Morgan fingerprint density at radius 1 is 0.643 bits per heavy atom. The lowest BCUT2D eigenvalue weighted by Crippen LogP contribution is -2.36. The van der Waals surface area contributed by atoms with Crippen LogP contribution in [0.15, 0.2) is 50.6 Å². The van der Waals surface area contributed by atoms with E-state index in [4.69, 9.17) is 0 Å². The highest BCUT2D eigenvalue weighted by molar-refractivity contribution is 5.05. The molecule has 0 fully saturated rings. The summed E-state index contributed by atoms with van der Waals surface area (Å²) in [6.07, 6.45) is 4.33. The molecule has 0 aromatic heterocycles. The van der Waals surface area contributed by atoms with E-state index in [1.165, 1.54) is 0 Å². The molecule has 2 heteroatoms. The first kappa shape index (κ1) is 12.9. The third-order valence-electron chi connectivity index (χ3n) is 2.23. The van der Waals surface area contributed by atoms with Gasteiger partial charge in [-0.1, -0.05) is 24.3 Å². The number of aliphatic hydroxyl groups excluding tert-OH is 2. The van der Waals surface area contributed by atoms with Crippen molar-refractivity contribution in [2.75, 3.05) is 0 Å². The van der Waals surface area contributed by atoms with Crippen molar-refractivity contribution >= 4 is 0 Å². The highest BCUT2D eigenvalue weighted by Gasteiger charge is 2.26. The molecule has 0 rings (SSSR count). The van der Waals surface area contributed by atoms with Crippen molar-refractivity contribution in [3.63, 3.8) is 0 Å². The fraction of sp³-hybridized carbons (Fsp3) is 0.333. The van der Waals surface area contributed by atoms with Crippen LogP contribution in [0.1, 0.15) is 0 Å². The molecule has 0 heterocycles. The Morgan fingerprint density at radius 2 is 0.857 bits per heavy atom. The van der Waals surface area contributed by atoms with Crippen LogP contribution in [0, 0.1) is 11.8 Å². The van der Waals surface area contributed by atoms with Crippen LogP contribution in [-0.2, 0) is 0 Å². The number of rotatable bonds is 7. The van der Waals surface area contributed by atoms with Crippen LogP contribution in [0.5, 0.6) is 0 Å². The van der Waals surface area contributed by atoms with E-state index in [-0.39, 0.29) is 11.8 Å². The van der Waals surface area contributed by atoms with Gasteiger partial charge in [-0.25, -0.2) is 0 Å². The van der Waals surface area contributed by atoms with Gasteiger partial charge in [-0.15, -0.1) is 26.3 Å². The first-order valence-electron chi connectivity index (χ1n) is 4.48. The first-order valence-corrected chi connectivity index (χ1v) is 4.48. The van der Waals surface area contributed by atoms with Gasteiger partial charge in [0.1, 0.15) is 0 Å². The van der Waals surface area contributed by atoms with E-state index in [2.05, 4.69) is 26.3 Å². The molecule has 0 spiro atoms. The lowest BCUT2D eigenvalue weighted by atomic mass is 9.90. The smallest absolute Gasteiger partial charge is 0.0904 e. The van der Waals surface area contributed by atoms with Gasteiger partial charge < -0.3 is 10.2 Å². The van der Waals surface area contributed by atoms with Gasteiger partial charge in [-0.2, -0.15) is 0 Å². The van der Waals surface area contributed by atoms with Gasteiger partial charge in [0, 0.05) is 11.8 Å². The zero-order valence-corrected chi connectivity index (χ0v) is 8.34. The van der Waals surface area contributed by atoms with Crippen LogP contribution in [0.4, 0.5) is 0 Å². The molecule has 2 atom stereocenters. The van der Waals surface area contributed by atoms with Crippen LogP contribution in [0.3, 0.4) is 0 Å². The summed E-state index contributed by atoms with van der Waals surface area (Å²) >= 11 is 0. The maximum absolute atomic E-state index is 9.72. The quantitative estimate of drug-likeness (QED) is 0.605. The van der Waals surface area contributed by atoms with Crippen molar-refractivity contribution < 1.29 is 10.2 Å². The summed E-state index contributed by atoms with van der Waals surface area (Å²) in [7, 11) is 0. The summed E-state index contributed by atoms with van der Waals surface area (Å²) in [4.78, 5) is 0. The van der Waals surface area contributed by atoms with Gasteiger partial charge >= 0.3 is 0 Å². The molecule has 0 saturated heterocycles. The number of hydrogen-bond donors (Lipinski definition) is 2. The SMILES string of the molecule is C=CC(C=C)C(O)C(O)C(C=C)C=C.